The number of hydrogen-bond acceptors (Lipinski definition) is 5. The van der Waals surface area contributed by atoms with E-state index in [-0.39, 0.29) is 0 Å². The number of H-pyrrole nitrogens is 1. The van der Waals surface area contributed by atoms with Gasteiger partial charge in [-0.15, -0.1) is 11.3 Å². The van der Waals surface area contributed by atoms with E-state index in [1.165, 1.54) is 30.6 Å². The highest BCUT2D eigenvalue weighted by Gasteiger charge is 2.20. The van der Waals surface area contributed by atoms with Gasteiger partial charge in [-0.1, -0.05) is 5.16 Å². The van der Waals surface area contributed by atoms with Crippen molar-refractivity contribution in [2.24, 2.45) is 5.92 Å². The molecule has 0 saturated carbocycles. The van der Waals surface area contributed by atoms with Crippen molar-refractivity contribution in [2.45, 2.75) is 19.3 Å². The van der Waals surface area contributed by atoms with Crippen molar-refractivity contribution in [3.8, 4) is 11.6 Å². The van der Waals surface area contributed by atoms with Crippen LogP contribution in [0.2, 0.25) is 0 Å². The molecule has 0 radical (unpaired) electrons. The van der Waals surface area contributed by atoms with Crippen molar-refractivity contribution >= 4 is 21.6 Å². The second-order valence-electron chi connectivity index (χ2n) is 5.85. The first kappa shape index (κ1) is 13.0. The van der Waals surface area contributed by atoms with Crippen molar-refractivity contribution < 1.29 is 4.52 Å². The van der Waals surface area contributed by atoms with E-state index in [0.29, 0.717) is 11.8 Å². The van der Waals surface area contributed by atoms with E-state index in [0.717, 1.165) is 23.5 Å². The van der Waals surface area contributed by atoms with Gasteiger partial charge in [0.05, 0.1) is 10.2 Å². The summed E-state index contributed by atoms with van der Waals surface area (Å²) in [5.74, 6) is 2.11. The van der Waals surface area contributed by atoms with Crippen LogP contribution < -0.4 is 0 Å². The van der Waals surface area contributed by atoms with Crippen molar-refractivity contribution in [3.05, 3.63) is 23.3 Å². The molecule has 0 aromatic carbocycles. The zero-order chi connectivity index (χ0) is 14.2. The van der Waals surface area contributed by atoms with Crippen LogP contribution in [0.3, 0.4) is 0 Å². The maximum atomic E-state index is 5.41. The lowest BCUT2D eigenvalue weighted by molar-refractivity contribution is 0.216. The number of aromatic amines is 1. The minimum atomic E-state index is 0.598. The lowest BCUT2D eigenvalue weighted by Crippen LogP contribution is -2.31. The monoisotopic (exact) mass is 302 g/mol. The van der Waals surface area contributed by atoms with Gasteiger partial charge in [0.1, 0.15) is 5.69 Å². The van der Waals surface area contributed by atoms with E-state index in [9.17, 15) is 0 Å². The molecule has 1 fully saturated rings. The largest absolute Gasteiger partial charge is 0.350 e. The summed E-state index contributed by atoms with van der Waals surface area (Å²) in [4.78, 5) is 10.3. The third-order valence-corrected chi connectivity index (χ3v) is 5.11. The SMILES string of the molecule is CN1CCC(Cc2noc(-c3cc4sccc4[nH]3)n2)CC1. The van der Waals surface area contributed by atoms with Crippen LogP contribution >= 0.6 is 11.3 Å². The molecule has 0 amide bonds. The minimum Gasteiger partial charge on any atom is -0.350 e. The van der Waals surface area contributed by atoms with Gasteiger partial charge >= 0.3 is 0 Å². The van der Waals surface area contributed by atoms with E-state index in [1.807, 2.05) is 0 Å². The van der Waals surface area contributed by atoms with Gasteiger partial charge in [0.15, 0.2) is 5.82 Å². The molecule has 21 heavy (non-hydrogen) atoms. The molecule has 6 heteroatoms. The predicted octanol–water partition coefficient (Wildman–Crippen LogP) is 3.16. The lowest BCUT2D eigenvalue weighted by Gasteiger charge is -2.27. The number of hydrogen-bond donors (Lipinski definition) is 1. The molecular formula is C15H18N4OS. The number of rotatable bonds is 3. The zero-order valence-corrected chi connectivity index (χ0v) is 12.8. The van der Waals surface area contributed by atoms with Crippen LogP contribution in [0.25, 0.3) is 21.8 Å². The van der Waals surface area contributed by atoms with Crippen molar-refractivity contribution in [2.75, 3.05) is 20.1 Å². The Kier molecular flexibility index (Phi) is 3.27. The molecule has 3 aromatic heterocycles. The molecule has 0 unspecified atom stereocenters. The molecule has 0 spiro atoms. The zero-order valence-electron chi connectivity index (χ0n) is 12.0. The van der Waals surface area contributed by atoms with Crippen LogP contribution in [0.15, 0.2) is 22.0 Å². The minimum absolute atomic E-state index is 0.598. The Labute approximate surface area is 127 Å². The highest BCUT2D eigenvalue weighted by molar-refractivity contribution is 7.17. The molecule has 0 aliphatic carbocycles. The average molecular weight is 302 g/mol. The molecule has 1 aliphatic heterocycles. The molecule has 0 atom stereocenters. The smallest absolute Gasteiger partial charge is 0.274 e. The average Bonchev–Trinajstić information content (AvgIpc) is 3.15. The second kappa shape index (κ2) is 5.27. The van der Waals surface area contributed by atoms with Gasteiger partial charge in [-0.25, -0.2) is 0 Å². The highest BCUT2D eigenvalue weighted by Crippen LogP contribution is 2.27. The Morgan fingerprint density at radius 1 is 1.43 bits per heavy atom. The molecule has 5 nitrogen and oxygen atoms in total. The molecule has 1 saturated heterocycles. The molecular weight excluding hydrogens is 284 g/mol. The van der Waals surface area contributed by atoms with Crippen molar-refractivity contribution in [1.82, 2.24) is 20.0 Å². The Morgan fingerprint density at radius 3 is 3.10 bits per heavy atom. The number of piperidine rings is 1. The van der Waals surface area contributed by atoms with Gasteiger partial charge < -0.3 is 14.4 Å². The Hall–Kier alpha value is -1.66. The summed E-state index contributed by atoms with van der Waals surface area (Å²) in [6.45, 7) is 2.34. The Morgan fingerprint density at radius 2 is 2.29 bits per heavy atom. The van der Waals surface area contributed by atoms with Gasteiger partial charge in [0.25, 0.3) is 5.89 Å². The number of thiophene rings is 1. The third-order valence-electron chi connectivity index (χ3n) is 4.25. The summed E-state index contributed by atoms with van der Waals surface area (Å²) in [7, 11) is 2.18. The molecule has 1 N–H and O–H groups in total. The van der Waals surface area contributed by atoms with Gasteiger partial charge in [-0.3, -0.25) is 0 Å². The summed E-state index contributed by atoms with van der Waals surface area (Å²) in [5.41, 5.74) is 2.05. The van der Waals surface area contributed by atoms with Crippen LogP contribution in [0, 0.1) is 5.92 Å². The topological polar surface area (TPSA) is 58.0 Å². The van der Waals surface area contributed by atoms with Crippen molar-refractivity contribution in [3.63, 3.8) is 0 Å². The molecule has 110 valence electrons. The highest BCUT2D eigenvalue weighted by atomic mass is 32.1. The van der Waals surface area contributed by atoms with Gasteiger partial charge in [-0.2, -0.15) is 4.98 Å². The maximum absolute atomic E-state index is 5.41. The number of fused-ring (bicyclic) bond motifs is 1. The summed E-state index contributed by atoms with van der Waals surface area (Å²) < 4.78 is 6.64. The predicted molar refractivity (Wildman–Crippen MR) is 83.4 cm³/mol. The normalized spacial score (nSPS) is 17.8. The Balaban J connectivity index is 1.49. The lowest BCUT2D eigenvalue weighted by atomic mass is 9.94. The summed E-state index contributed by atoms with van der Waals surface area (Å²) in [6.07, 6.45) is 3.36. The van der Waals surface area contributed by atoms with Gasteiger partial charge in [-0.05, 0) is 56.4 Å². The number of aromatic nitrogens is 3. The quantitative estimate of drug-likeness (QED) is 0.807. The second-order valence-corrected chi connectivity index (χ2v) is 6.80. The van der Waals surface area contributed by atoms with Gasteiger partial charge in [0.2, 0.25) is 0 Å². The fourth-order valence-corrected chi connectivity index (χ4v) is 3.72. The number of nitrogens with one attached hydrogen (secondary N) is 1. The summed E-state index contributed by atoms with van der Waals surface area (Å²) in [5, 5.41) is 6.22. The molecule has 0 bridgehead atoms. The van der Waals surface area contributed by atoms with E-state index >= 15 is 0 Å². The summed E-state index contributed by atoms with van der Waals surface area (Å²) in [6, 6.07) is 4.15. The van der Waals surface area contributed by atoms with Crippen molar-refractivity contribution in [1.29, 1.82) is 0 Å². The maximum Gasteiger partial charge on any atom is 0.274 e. The first-order chi connectivity index (χ1) is 10.3. The fourth-order valence-electron chi connectivity index (χ4n) is 2.93. The first-order valence-electron chi connectivity index (χ1n) is 7.35. The van der Waals surface area contributed by atoms with E-state index in [1.54, 1.807) is 11.3 Å². The Bertz CT molecular complexity index is 707. The molecule has 4 heterocycles. The van der Waals surface area contributed by atoms with Crippen LogP contribution in [0.5, 0.6) is 0 Å². The fraction of sp³-hybridized carbons (Fsp3) is 0.467. The molecule has 1 aliphatic rings. The van der Waals surface area contributed by atoms with Crippen LogP contribution in [0.1, 0.15) is 18.7 Å². The van der Waals surface area contributed by atoms with E-state index < -0.39 is 0 Å². The third kappa shape index (κ3) is 2.61. The standard InChI is InChI=1S/C15H18N4OS/c1-19-5-2-10(3-6-19)8-14-17-15(20-18-14)12-9-13-11(16-12)4-7-21-13/h4,7,9-10,16H,2-3,5-6,8H2,1H3. The number of likely N-dealkylation sites (tertiary alicyclic amines) is 1. The van der Waals surface area contributed by atoms with Crippen LogP contribution in [-0.2, 0) is 6.42 Å². The summed E-state index contributed by atoms with van der Waals surface area (Å²) >= 11 is 1.71. The van der Waals surface area contributed by atoms with E-state index in [2.05, 4.69) is 44.6 Å². The van der Waals surface area contributed by atoms with Crippen LogP contribution in [0.4, 0.5) is 0 Å². The van der Waals surface area contributed by atoms with Crippen LogP contribution in [-0.4, -0.2) is 40.2 Å². The molecule has 4 rings (SSSR count). The molecule has 3 aromatic rings. The van der Waals surface area contributed by atoms with E-state index in [4.69, 9.17) is 4.52 Å². The number of nitrogens with zero attached hydrogens (tertiary/aromatic N) is 3. The first-order valence-corrected chi connectivity index (χ1v) is 8.23. The van der Waals surface area contributed by atoms with Gasteiger partial charge in [0, 0.05) is 6.42 Å².